The van der Waals surface area contributed by atoms with Crippen molar-refractivity contribution < 1.29 is 0 Å². The number of hydrogen-bond acceptors (Lipinski definition) is 2. The molecule has 0 saturated carbocycles. The van der Waals surface area contributed by atoms with Crippen LogP contribution in [-0.2, 0) is 0 Å². The Morgan fingerprint density at radius 2 is 2.29 bits per heavy atom. The van der Waals surface area contributed by atoms with Gasteiger partial charge in [-0.15, -0.1) is 0 Å². The summed E-state index contributed by atoms with van der Waals surface area (Å²) in [6, 6.07) is 0. The van der Waals surface area contributed by atoms with Gasteiger partial charge in [0.1, 0.15) is 0 Å². The van der Waals surface area contributed by atoms with Crippen LogP contribution in [0, 0.1) is 11.8 Å². The Morgan fingerprint density at radius 3 is 2.93 bits per heavy atom. The molecule has 1 saturated heterocycles. The molecule has 1 rings (SSSR count). The minimum absolute atomic E-state index is 0.788. The molecule has 0 bridgehead atoms. The van der Waals surface area contributed by atoms with E-state index in [1.165, 1.54) is 38.9 Å². The summed E-state index contributed by atoms with van der Waals surface area (Å²) in [4.78, 5) is 2.65. The predicted octanol–water partition coefficient (Wildman–Crippen LogP) is 1.96. The Hall–Kier alpha value is -0.0800. The molecule has 1 aliphatic heterocycles. The van der Waals surface area contributed by atoms with Crippen LogP contribution in [-0.4, -0.2) is 38.1 Å². The van der Waals surface area contributed by atoms with Crippen LogP contribution in [0.25, 0.3) is 0 Å². The second-order valence-corrected chi connectivity index (χ2v) is 4.84. The van der Waals surface area contributed by atoms with E-state index in [1.54, 1.807) is 0 Å². The quantitative estimate of drug-likeness (QED) is 0.726. The molecule has 0 spiro atoms. The zero-order valence-corrected chi connectivity index (χ0v) is 10.1. The first-order valence-corrected chi connectivity index (χ1v) is 6.13. The van der Waals surface area contributed by atoms with Crippen LogP contribution >= 0.6 is 0 Å². The molecular formula is C12H26N2. The molecule has 0 amide bonds. The molecule has 2 heteroatoms. The lowest BCUT2D eigenvalue weighted by atomic mass is 9.95. The van der Waals surface area contributed by atoms with Crippen LogP contribution in [0.3, 0.4) is 0 Å². The third kappa shape index (κ3) is 3.97. The smallest absolute Gasteiger partial charge is 0.00193 e. The lowest BCUT2D eigenvalue weighted by Crippen LogP contribution is -2.39. The van der Waals surface area contributed by atoms with Crippen LogP contribution in [0.5, 0.6) is 0 Å². The largest absolute Gasteiger partial charge is 0.319 e. The molecule has 0 aromatic heterocycles. The van der Waals surface area contributed by atoms with E-state index in [1.807, 2.05) is 7.05 Å². The Bertz CT molecular complexity index is 147. The van der Waals surface area contributed by atoms with Crippen molar-refractivity contribution in [2.24, 2.45) is 11.8 Å². The first-order chi connectivity index (χ1) is 6.76. The summed E-state index contributed by atoms with van der Waals surface area (Å²) in [6.45, 7) is 9.75. The van der Waals surface area contributed by atoms with Gasteiger partial charge in [0.2, 0.25) is 0 Å². The van der Waals surface area contributed by atoms with Gasteiger partial charge < -0.3 is 10.2 Å². The van der Waals surface area contributed by atoms with Gasteiger partial charge in [-0.3, -0.25) is 0 Å². The third-order valence-corrected chi connectivity index (χ3v) is 3.30. The summed E-state index contributed by atoms with van der Waals surface area (Å²) in [7, 11) is 2.04. The number of piperidine rings is 1. The van der Waals surface area contributed by atoms with E-state index in [0.29, 0.717) is 0 Å². The third-order valence-electron chi connectivity index (χ3n) is 3.30. The van der Waals surface area contributed by atoms with E-state index < -0.39 is 0 Å². The van der Waals surface area contributed by atoms with E-state index in [-0.39, 0.29) is 0 Å². The van der Waals surface area contributed by atoms with E-state index in [2.05, 4.69) is 24.1 Å². The molecule has 0 aliphatic carbocycles. The monoisotopic (exact) mass is 198 g/mol. The fourth-order valence-electron chi connectivity index (χ4n) is 2.50. The molecule has 2 atom stereocenters. The predicted molar refractivity (Wildman–Crippen MR) is 62.5 cm³/mol. The molecule has 1 fully saturated rings. The molecule has 1 N–H and O–H groups in total. The van der Waals surface area contributed by atoms with E-state index in [4.69, 9.17) is 0 Å². The molecular weight excluding hydrogens is 172 g/mol. The number of nitrogens with zero attached hydrogens (tertiary/aromatic N) is 1. The average Bonchev–Trinajstić information content (AvgIpc) is 2.18. The number of likely N-dealkylation sites (tertiary alicyclic amines) is 1. The van der Waals surface area contributed by atoms with Crippen LogP contribution < -0.4 is 5.32 Å². The molecule has 0 radical (unpaired) electrons. The van der Waals surface area contributed by atoms with E-state index >= 15 is 0 Å². The zero-order valence-electron chi connectivity index (χ0n) is 10.1. The van der Waals surface area contributed by atoms with Crippen LogP contribution in [0.1, 0.15) is 33.1 Å². The molecule has 1 aliphatic rings. The Labute approximate surface area is 89.1 Å². The van der Waals surface area contributed by atoms with Crippen molar-refractivity contribution in [3.05, 3.63) is 0 Å². The topological polar surface area (TPSA) is 15.3 Å². The SMILES string of the molecule is CCC1CCCN(CC(C)CNC)C1. The maximum absolute atomic E-state index is 3.26. The standard InChI is InChI=1S/C12H26N2/c1-4-12-6-5-7-14(10-12)9-11(2)8-13-3/h11-13H,4-10H2,1-3H3. The number of nitrogens with one attached hydrogen (secondary N) is 1. The van der Waals surface area contributed by atoms with Crippen molar-refractivity contribution in [1.29, 1.82) is 0 Å². The van der Waals surface area contributed by atoms with Gasteiger partial charge in [0.25, 0.3) is 0 Å². The second kappa shape index (κ2) is 6.41. The summed E-state index contributed by atoms with van der Waals surface area (Å²) >= 11 is 0. The molecule has 84 valence electrons. The number of hydrogen-bond donors (Lipinski definition) is 1. The minimum atomic E-state index is 0.788. The van der Waals surface area contributed by atoms with Crippen molar-refractivity contribution >= 4 is 0 Å². The molecule has 14 heavy (non-hydrogen) atoms. The minimum Gasteiger partial charge on any atom is -0.319 e. The summed E-state index contributed by atoms with van der Waals surface area (Å²) in [5, 5.41) is 3.26. The Balaban J connectivity index is 2.22. The van der Waals surface area contributed by atoms with Gasteiger partial charge in [0.05, 0.1) is 0 Å². The highest BCUT2D eigenvalue weighted by molar-refractivity contribution is 4.73. The maximum atomic E-state index is 3.26. The van der Waals surface area contributed by atoms with E-state index in [9.17, 15) is 0 Å². The summed E-state index contributed by atoms with van der Waals surface area (Å²) in [6.07, 6.45) is 4.22. The lowest BCUT2D eigenvalue weighted by molar-refractivity contribution is 0.152. The van der Waals surface area contributed by atoms with Crippen LogP contribution in [0.15, 0.2) is 0 Å². The van der Waals surface area contributed by atoms with Crippen molar-refractivity contribution in [2.45, 2.75) is 33.1 Å². The first-order valence-electron chi connectivity index (χ1n) is 6.13. The maximum Gasteiger partial charge on any atom is 0.00193 e. The highest BCUT2D eigenvalue weighted by Gasteiger charge is 2.19. The van der Waals surface area contributed by atoms with Gasteiger partial charge >= 0.3 is 0 Å². The van der Waals surface area contributed by atoms with Gasteiger partial charge in [0, 0.05) is 13.1 Å². The van der Waals surface area contributed by atoms with Gasteiger partial charge in [-0.25, -0.2) is 0 Å². The average molecular weight is 198 g/mol. The normalized spacial score (nSPS) is 26.4. The molecule has 2 unspecified atom stereocenters. The van der Waals surface area contributed by atoms with Crippen molar-refractivity contribution in [3.63, 3.8) is 0 Å². The first kappa shape index (κ1) is 12.0. The highest BCUT2D eigenvalue weighted by Crippen LogP contribution is 2.19. The van der Waals surface area contributed by atoms with Gasteiger partial charge in [-0.2, -0.15) is 0 Å². The second-order valence-electron chi connectivity index (χ2n) is 4.84. The van der Waals surface area contributed by atoms with Crippen molar-refractivity contribution in [2.75, 3.05) is 33.2 Å². The lowest BCUT2D eigenvalue weighted by Gasteiger charge is -2.33. The van der Waals surface area contributed by atoms with Crippen molar-refractivity contribution in [1.82, 2.24) is 10.2 Å². The van der Waals surface area contributed by atoms with Gasteiger partial charge in [-0.05, 0) is 44.8 Å². The Kier molecular flexibility index (Phi) is 5.49. The van der Waals surface area contributed by atoms with Crippen LogP contribution in [0.2, 0.25) is 0 Å². The molecule has 2 nitrogen and oxygen atoms in total. The van der Waals surface area contributed by atoms with Crippen LogP contribution in [0.4, 0.5) is 0 Å². The summed E-state index contributed by atoms with van der Waals surface area (Å²) in [5.41, 5.74) is 0. The molecule has 0 aromatic rings. The fraction of sp³-hybridized carbons (Fsp3) is 1.00. The van der Waals surface area contributed by atoms with Gasteiger partial charge in [-0.1, -0.05) is 20.3 Å². The zero-order chi connectivity index (χ0) is 10.4. The summed E-state index contributed by atoms with van der Waals surface area (Å²) in [5.74, 6) is 1.75. The highest BCUT2D eigenvalue weighted by atomic mass is 15.1. The fourth-order valence-corrected chi connectivity index (χ4v) is 2.50. The molecule has 1 heterocycles. The molecule has 0 aromatic carbocycles. The van der Waals surface area contributed by atoms with Gasteiger partial charge in [0.15, 0.2) is 0 Å². The van der Waals surface area contributed by atoms with E-state index in [0.717, 1.165) is 18.4 Å². The summed E-state index contributed by atoms with van der Waals surface area (Å²) < 4.78 is 0. The Morgan fingerprint density at radius 1 is 1.50 bits per heavy atom. The van der Waals surface area contributed by atoms with Crippen molar-refractivity contribution in [3.8, 4) is 0 Å². The number of rotatable bonds is 5.